The zero-order valence-corrected chi connectivity index (χ0v) is 17.1. The summed E-state index contributed by atoms with van der Waals surface area (Å²) in [6.45, 7) is 0.911. The summed E-state index contributed by atoms with van der Waals surface area (Å²) in [6, 6.07) is 18.3. The first kappa shape index (κ1) is 20.1. The van der Waals surface area contributed by atoms with Crippen molar-refractivity contribution < 1.29 is 5.11 Å². The van der Waals surface area contributed by atoms with Crippen LogP contribution in [0.4, 0.5) is 0 Å². The quantitative estimate of drug-likeness (QED) is 0.699. The Hall–Kier alpha value is -1.61. The zero-order valence-electron chi connectivity index (χ0n) is 16.3. The topological polar surface area (TPSA) is 23.5 Å². The highest BCUT2D eigenvalue weighted by molar-refractivity contribution is 6.30. The molecule has 0 amide bonds. The number of hydrogen-bond acceptors (Lipinski definition) is 2. The second-order valence-electron chi connectivity index (χ2n) is 8.00. The van der Waals surface area contributed by atoms with Crippen LogP contribution in [0.5, 0.6) is 0 Å². The maximum atomic E-state index is 11.9. The molecule has 1 saturated carbocycles. The number of benzene rings is 2. The molecule has 1 N–H and O–H groups in total. The van der Waals surface area contributed by atoms with Crippen LogP contribution in [0.15, 0.2) is 60.7 Å². The smallest absolute Gasteiger partial charge is 0.0790 e. The fraction of sp³-hybridized carbons (Fsp3) is 0.417. The maximum Gasteiger partial charge on any atom is 0.0790 e. The fourth-order valence-corrected chi connectivity index (χ4v) is 4.49. The number of halogens is 1. The van der Waals surface area contributed by atoms with E-state index in [2.05, 4.69) is 55.4 Å². The molecule has 0 heterocycles. The number of aliphatic hydroxyl groups is 1. The van der Waals surface area contributed by atoms with Crippen molar-refractivity contribution in [2.75, 3.05) is 20.6 Å². The second kappa shape index (κ2) is 9.05. The van der Waals surface area contributed by atoms with Crippen molar-refractivity contribution in [3.8, 4) is 0 Å². The second-order valence-corrected chi connectivity index (χ2v) is 8.43. The van der Waals surface area contributed by atoms with Gasteiger partial charge in [-0.3, -0.25) is 0 Å². The van der Waals surface area contributed by atoms with Crippen LogP contribution in [0.3, 0.4) is 0 Å². The summed E-state index contributed by atoms with van der Waals surface area (Å²) in [5.41, 5.74) is 1.55. The molecule has 0 aromatic heterocycles. The molecule has 2 aromatic carbocycles. The van der Waals surface area contributed by atoms with E-state index in [1.165, 1.54) is 12.0 Å². The summed E-state index contributed by atoms with van der Waals surface area (Å²) in [5, 5.41) is 12.7. The number of hydrogen-bond donors (Lipinski definition) is 1. The van der Waals surface area contributed by atoms with E-state index in [-0.39, 0.29) is 11.8 Å². The largest absolute Gasteiger partial charge is 0.389 e. The van der Waals surface area contributed by atoms with Crippen molar-refractivity contribution in [2.24, 2.45) is 5.92 Å². The fourth-order valence-electron chi connectivity index (χ4n) is 4.36. The lowest BCUT2D eigenvalue weighted by molar-refractivity contribution is -0.0666. The normalized spacial score (nSPS) is 24.4. The van der Waals surface area contributed by atoms with Crippen LogP contribution in [0.25, 0.3) is 6.08 Å². The molecule has 2 nitrogen and oxygen atoms in total. The van der Waals surface area contributed by atoms with Crippen LogP contribution >= 0.6 is 11.6 Å². The van der Waals surface area contributed by atoms with Crippen molar-refractivity contribution in [1.82, 2.24) is 4.90 Å². The Bertz CT molecular complexity index is 741. The van der Waals surface area contributed by atoms with Gasteiger partial charge in [0.2, 0.25) is 0 Å². The van der Waals surface area contributed by atoms with E-state index in [0.717, 1.165) is 36.4 Å². The van der Waals surface area contributed by atoms with Gasteiger partial charge in [-0.25, -0.2) is 0 Å². The first-order chi connectivity index (χ1) is 13.0. The van der Waals surface area contributed by atoms with E-state index >= 15 is 0 Å². The van der Waals surface area contributed by atoms with Gasteiger partial charge in [0.15, 0.2) is 0 Å². The summed E-state index contributed by atoms with van der Waals surface area (Å²) in [7, 11) is 4.19. The Morgan fingerprint density at radius 2 is 1.81 bits per heavy atom. The molecule has 0 radical (unpaired) electrons. The molecule has 1 aliphatic carbocycles. The van der Waals surface area contributed by atoms with Gasteiger partial charge >= 0.3 is 0 Å². The highest BCUT2D eigenvalue weighted by Gasteiger charge is 2.44. The van der Waals surface area contributed by atoms with E-state index in [0.29, 0.717) is 0 Å². The Morgan fingerprint density at radius 3 is 2.48 bits per heavy atom. The molecule has 3 atom stereocenters. The van der Waals surface area contributed by atoms with Crippen LogP contribution in [0, 0.1) is 5.92 Å². The van der Waals surface area contributed by atoms with Crippen LogP contribution in [-0.2, 0) is 0 Å². The SMILES string of the molecule is CN(C)CC1CCCCC1(O)C(C=Cc1ccc(Cl)cc1)c1ccccc1. The van der Waals surface area contributed by atoms with E-state index in [1.54, 1.807) is 0 Å². The highest BCUT2D eigenvalue weighted by Crippen LogP contribution is 2.45. The molecule has 3 heteroatoms. The summed E-state index contributed by atoms with van der Waals surface area (Å²) >= 11 is 6.01. The van der Waals surface area contributed by atoms with Gasteiger partial charge in [-0.2, -0.15) is 0 Å². The first-order valence-electron chi connectivity index (χ1n) is 9.85. The van der Waals surface area contributed by atoms with E-state index < -0.39 is 5.60 Å². The van der Waals surface area contributed by atoms with Crippen molar-refractivity contribution in [2.45, 2.75) is 37.2 Å². The van der Waals surface area contributed by atoms with Gasteiger partial charge < -0.3 is 10.0 Å². The Balaban J connectivity index is 1.96. The minimum atomic E-state index is -0.729. The molecule has 0 spiro atoms. The van der Waals surface area contributed by atoms with Crippen LogP contribution in [0.1, 0.15) is 42.7 Å². The summed E-state index contributed by atoms with van der Waals surface area (Å²) in [6.07, 6.45) is 8.50. The predicted molar refractivity (Wildman–Crippen MR) is 115 cm³/mol. The first-order valence-corrected chi connectivity index (χ1v) is 10.2. The molecule has 0 saturated heterocycles. The van der Waals surface area contributed by atoms with Crippen LogP contribution in [0.2, 0.25) is 5.02 Å². The third-order valence-corrected chi connectivity index (χ3v) is 5.97. The van der Waals surface area contributed by atoms with Crippen molar-refractivity contribution in [3.05, 3.63) is 76.8 Å². The number of rotatable bonds is 6. The molecular weight excluding hydrogens is 354 g/mol. The van der Waals surface area contributed by atoms with Crippen molar-refractivity contribution >= 4 is 17.7 Å². The third kappa shape index (κ3) is 5.01. The third-order valence-electron chi connectivity index (χ3n) is 5.72. The maximum absolute atomic E-state index is 11.9. The van der Waals surface area contributed by atoms with E-state index in [1.807, 2.05) is 30.3 Å². The summed E-state index contributed by atoms with van der Waals surface area (Å²) < 4.78 is 0. The summed E-state index contributed by atoms with van der Waals surface area (Å²) in [4.78, 5) is 2.20. The molecule has 3 rings (SSSR count). The molecule has 144 valence electrons. The molecule has 1 fully saturated rings. The van der Waals surface area contributed by atoms with Crippen molar-refractivity contribution in [1.29, 1.82) is 0 Å². The molecule has 1 aliphatic rings. The monoisotopic (exact) mass is 383 g/mol. The van der Waals surface area contributed by atoms with E-state index in [9.17, 15) is 5.11 Å². The zero-order chi connectivity index (χ0) is 19.3. The minimum Gasteiger partial charge on any atom is -0.389 e. The average molecular weight is 384 g/mol. The Labute approximate surface area is 168 Å². The van der Waals surface area contributed by atoms with Gasteiger partial charge in [-0.15, -0.1) is 0 Å². The van der Waals surface area contributed by atoms with Gasteiger partial charge in [0.1, 0.15) is 0 Å². The molecular formula is C24H30ClNO. The van der Waals surface area contributed by atoms with Gasteiger partial charge in [0.05, 0.1) is 5.60 Å². The Kier molecular flexibility index (Phi) is 6.75. The molecule has 3 unspecified atom stereocenters. The van der Waals surface area contributed by atoms with Crippen LogP contribution in [-0.4, -0.2) is 36.2 Å². The van der Waals surface area contributed by atoms with Gasteiger partial charge in [0.25, 0.3) is 0 Å². The molecule has 0 aliphatic heterocycles. The van der Waals surface area contributed by atoms with Crippen LogP contribution < -0.4 is 0 Å². The standard InChI is InChI=1S/C24H30ClNO/c1-26(2)18-21-10-6-7-17-24(21,27)23(20-8-4-3-5-9-20)16-13-19-11-14-22(25)15-12-19/h3-5,8-9,11-16,21,23,27H,6-7,10,17-18H2,1-2H3. The molecule has 0 bridgehead atoms. The van der Waals surface area contributed by atoms with Gasteiger partial charge in [0, 0.05) is 23.4 Å². The van der Waals surface area contributed by atoms with Gasteiger partial charge in [-0.05, 0) is 50.2 Å². The Morgan fingerprint density at radius 1 is 1.11 bits per heavy atom. The summed E-state index contributed by atoms with van der Waals surface area (Å²) in [5.74, 6) is 0.237. The highest BCUT2D eigenvalue weighted by atomic mass is 35.5. The molecule has 27 heavy (non-hydrogen) atoms. The lowest BCUT2D eigenvalue weighted by atomic mass is 9.66. The van der Waals surface area contributed by atoms with Crippen molar-refractivity contribution in [3.63, 3.8) is 0 Å². The lowest BCUT2D eigenvalue weighted by Crippen LogP contribution is -2.49. The average Bonchev–Trinajstić information content (AvgIpc) is 2.66. The number of nitrogens with zero attached hydrogens (tertiary/aromatic N) is 1. The predicted octanol–water partition coefficient (Wildman–Crippen LogP) is 5.62. The lowest BCUT2D eigenvalue weighted by Gasteiger charge is -2.45. The van der Waals surface area contributed by atoms with Gasteiger partial charge in [-0.1, -0.05) is 79.1 Å². The minimum absolute atomic E-state index is 0.0281. The molecule has 2 aromatic rings. The van der Waals surface area contributed by atoms with E-state index in [4.69, 9.17) is 11.6 Å².